The van der Waals surface area contributed by atoms with E-state index in [1.807, 2.05) is 0 Å². The van der Waals surface area contributed by atoms with Gasteiger partial charge in [0, 0.05) is 24.7 Å². The first-order chi connectivity index (χ1) is 7.63. The summed E-state index contributed by atoms with van der Waals surface area (Å²) in [4.78, 5) is 2.46. The predicted molar refractivity (Wildman–Crippen MR) is 71.9 cm³/mol. The van der Waals surface area contributed by atoms with Crippen LogP contribution in [-0.4, -0.2) is 36.6 Å². The van der Waals surface area contributed by atoms with Gasteiger partial charge in [-0.05, 0) is 33.7 Å². The normalized spacial score (nSPS) is 28.5. The summed E-state index contributed by atoms with van der Waals surface area (Å²) < 4.78 is 0. The average Bonchev–Trinajstić information content (AvgIpc) is 2.53. The Kier molecular flexibility index (Phi) is 6.37. The number of hydrogen-bond donors (Lipinski definition) is 1. The van der Waals surface area contributed by atoms with Gasteiger partial charge in [0.1, 0.15) is 0 Å². The molecule has 0 saturated carbocycles. The van der Waals surface area contributed by atoms with Gasteiger partial charge < -0.3 is 10.2 Å². The van der Waals surface area contributed by atoms with Crippen molar-refractivity contribution < 1.29 is 0 Å². The second-order valence-electron chi connectivity index (χ2n) is 5.64. The van der Waals surface area contributed by atoms with Gasteiger partial charge in [0.15, 0.2) is 0 Å². The highest BCUT2D eigenvalue weighted by atomic mass is 15.2. The van der Waals surface area contributed by atoms with Crippen molar-refractivity contribution in [2.45, 2.75) is 77.4 Å². The van der Waals surface area contributed by atoms with Crippen LogP contribution < -0.4 is 5.32 Å². The molecule has 2 nitrogen and oxygen atoms in total. The first-order valence-electron chi connectivity index (χ1n) is 7.09. The smallest absolute Gasteiger partial charge is 0.0212 e. The highest BCUT2D eigenvalue weighted by molar-refractivity contribution is 4.86. The Morgan fingerprint density at radius 3 is 2.62 bits per heavy atom. The molecule has 96 valence electrons. The number of nitrogens with zero attached hydrogens (tertiary/aromatic N) is 1. The fourth-order valence-electron chi connectivity index (χ4n) is 2.68. The molecule has 0 radical (unpaired) electrons. The van der Waals surface area contributed by atoms with Crippen LogP contribution in [0.5, 0.6) is 0 Å². The molecule has 0 aromatic carbocycles. The summed E-state index contributed by atoms with van der Waals surface area (Å²) >= 11 is 0. The van der Waals surface area contributed by atoms with Crippen molar-refractivity contribution in [2.24, 2.45) is 0 Å². The fraction of sp³-hybridized carbons (Fsp3) is 1.00. The van der Waals surface area contributed by atoms with Crippen LogP contribution in [0, 0.1) is 0 Å². The van der Waals surface area contributed by atoms with Gasteiger partial charge in [0.05, 0.1) is 0 Å². The molecule has 1 fully saturated rings. The zero-order valence-corrected chi connectivity index (χ0v) is 11.6. The lowest BCUT2D eigenvalue weighted by molar-refractivity contribution is 0.324. The Labute approximate surface area is 102 Å². The number of likely N-dealkylation sites (N-methyl/N-ethyl adjacent to an activating group) is 1. The summed E-state index contributed by atoms with van der Waals surface area (Å²) in [6.45, 7) is 8.17. The van der Waals surface area contributed by atoms with Crippen LogP contribution in [-0.2, 0) is 0 Å². The minimum atomic E-state index is 0.695. The van der Waals surface area contributed by atoms with E-state index in [0.717, 1.165) is 12.1 Å². The molecule has 1 N–H and O–H groups in total. The molecule has 0 aromatic heterocycles. The monoisotopic (exact) mass is 226 g/mol. The summed E-state index contributed by atoms with van der Waals surface area (Å²) in [6.07, 6.45) is 8.19. The fourth-order valence-corrected chi connectivity index (χ4v) is 2.68. The van der Waals surface area contributed by atoms with Gasteiger partial charge in [-0.25, -0.2) is 0 Å². The van der Waals surface area contributed by atoms with Gasteiger partial charge in [-0.2, -0.15) is 0 Å². The maximum absolute atomic E-state index is 3.77. The zero-order valence-electron chi connectivity index (χ0n) is 11.6. The third-order valence-electron chi connectivity index (χ3n) is 3.90. The van der Waals surface area contributed by atoms with Crippen LogP contribution in [0.1, 0.15) is 59.3 Å². The van der Waals surface area contributed by atoms with E-state index in [1.54, 1.807) is 0 Å². The topological polar surface area (TPSA) is 15.3 Å². The molecule has 0 aromatic rings. The molecule has 0 aliphatic carbocycles. The minimum Gasteiger partial charge on any atom is -0.310 e. The maximum atomic E-state index is 3.77. The molecule has 0 spiro atoms. The van der Waals surface area contributed by atoms with Gasteiger partial charge in [0.25, 0.3) is 0 Å². The van der Waals surface area contributed by atoms with Gasteiger partial charge in [-0.3, -0.25) is 0 Å². The van der Waals surface area contributed by atoms with Gasteiger partial charge in [0.2, 0.25) is 0 Å². The van der Waals surface area contributed by atoms with Crippen molar-refractivity contribution in [3.8, 4) is 0 Å². The molecule has 3 atom stereocenters. The zero-order chi connectivity index (χ0) is 12.0. The number of unbranched alkanes of at least 4 members (excludes halogenated alkanes) is 3. The quantitative estimate of drug-likeness (QED) is 0.671. The molecule has 1 heterocycles. The number of likely N-dealkylation sites (tertiary alicyclic amines) is 1. The maximum Gasteiger partial charge on any atom is 0.0212 e. The standard InChI is InChI=1S/C14H30N2/c1-5-6-7-8-9-12(2)15-14-10-13(3)16(4)11-14/h12-15H,5-11H2,1-4H3. The molecule has 1 aliphatic heterocycles. The van der Waals surface area contributed by atoms with Crippen molar-refractivity contribution >= 4 is 0 Å². The van der Waals surface area contributed by atoms with E-state index in [1.165, 1.54) is 45.1 Å². The van der Waals surface area contributed by atoms with Gasteiger partial charge >= 0.3 is 0 Å². The molecule has 3 unspecified atom stereocenters. The third-order valence-corrected chi connectivity index (χ3v) is 3.90. The lowest BCUT2D eigenvalue weighted by Crippen LogP contribution is -2.38. The molecular weight excluding hydrogens is 196 g/mol. The van der Waals surface area contributed by atoms with Crippen LogP contribution in [0.4, 0.5) is 0 Å². The summed E-state index contributed by atoms with van der Waals surface area (Å²) in [5.41, 5.74) is 0. The predicted octanol–water partition coefficient (Wildman–Crippen LogP) is 3.03. The molecule has 16 heavy (non-hydrogen) atoms. The van der Waals surface area contributed by atoms with E-state index in [9.17, 15) is 0 Å². The number of hydrogen-bond acceptors (Lipinski definition) is 2. The third kappa shape index (κ3) is 4.84. The molecule has 1 aliphatic rings. The molecule has 0 bridgehead atoms. The highest BCUT2D eigenvalue weighted by Crippen LogP contribution is 2.16. The summed E-state index contributed by atoms with van der Waals surface area (Å²) in [7, 11) is 2.23. The number of rotatable bonds is 7. The van der Waals surface area contributed by atoms with E-state index in [0.29, 0.717) is 6.04 Å². The Morgan fingerprint density at radius 1 is 1.31 bits per heavy atom. The molecule has 0 amide bonds. The summed E-state index contributed by atoms with van der Waals surface area (Å²) in [6, 6.07) is 2.17. The SMILES string of the molecule is CCCCCCC(C)NC1CC(C)N(C)C1. The van der Waals surface area contributed by atoms with E-state index in [2.05, 4.69) is 38.0 Å². The van der Waals surface area contributed by atoms with Crippen molar-refractivity contribution in [1.82, 2.24) is 10.2 Å². The van der Waals surface area contributed by atoms with Crippen molar-refractivity contribution in [2.75, 3.05) is 13.6 Å². The van der Waals surface area contributed by atoms with Crippen LogP contribution in [0.3, 0.4) is 0 Å². The van der Waals surface area contributed by atoms with Crippen LogP contribution in [0.15, 0.2) is 0 Å². The first kappa shape index (κ1) is 14.0. The van der Waals surface area contributed by atoms with Crippen LogP contribution >= 0.6 is 0 Å². The van der Waals surface area contributed by atoms with E-state index < -0.39 is 0 Å². The Bertz CT molecular complexity index is 172. The van der Waals surface area contributed by atoms with Crippen molar-refractivity contribution in [3.05, 3.63) is 0 Å². The lowest BCUT2D eigenvalue weighted by Gasteiger charge is -2.19. The lowest BCUT2D eigenvalue weighted by atomic mass is 10.1. The Balaban J connectivity index is 2.08. The number of nitrogens with one attached hydrogen (secondary N) is 1. The molecule has 1 saturated heterocycles. The Hall–Kier alpha value is -0.0800. The highest BCUT2D eigenvalue weighted by Gasteiger charge is 2.26. The molecule has 2 heteroatoms. The van der Waals surface area contributed by atoms with Gasteiger partial charge in [-0.15, -0.1) is 0 Å². The summed E-state index contributed by atoms with van der Waals surface area (Å²) in [5.74, 6) is 0. The van der Waals surface area contributed by atoms with Crippen LogP contribution in [0.2, 0.25) is 0 Å². The van der Waals surface area contributed by atoms with Crippen LogP contribution in [0.25, 0.3) is 0 Å². The average molecular weight is 226 g/mol. The minimum absolute atomic E-state index is 0.695. The largest absolute Gasteiger partial charge is 0.310 e. The van der Waals surface area contributed by atoms with E-state index >= 15 is 0 Å². The van der Waals surface area contributed by atoms with E-state index in [4.69, 9.17) is 0 Å². The molecular formula is C14H30N2. The second-order valence-corrected chi connectivity index (χ2v) is 5.64. The van der Waals surface area contributed by atoms with Crippen molar-refractivity contribution in [1.29, 1.82) is 0 Å². The summed E-state index contributed by atoms with van der Waals surface area (Å²) in [5, 5.41) is 3.77. The van der Waals surface area contributed by atoms with E-state index in [-0.39, 0.29) is 0 Å². The second kappa shape index (κ2) is 7.29. The van der Waals surface area contributed by atoms with Crippen molar-refractivity contribution in [3.63, 3.8) is 0 Å². The molecule has 1 rings (SSSR count). The first-order valence-corrected chi connectivity index (χ1v) is 7.09. The Morgan fingerprint density at radius 2 is 2.06 bits per heavy atom. The van der Waals surface area contributed by atoms with Gasteiger partial charge in [-0.1, -0.05) is 32.6 Å².